The Bertz CT molecular complexity index is 230. The van der Waals surface area contributed by atoms with Gasteiger partial charge in [0.25, 0.3) is 0 Å². The summed E-state index contributed by atoms with van der Waals surface area (Å²) in [5, 5.41) is 3.22. The summed E-state index contributed by atoms with van der Waals surface area (Å²) >= 11 is 0. The summed E-state index contributed by atoms with van der Waals surface area (Å²) in [6.07, 6.45) is 3.21. The van der Waals surface area contributed by atoms with E-state index < -0.39 is 0 Å². The molecule has 1 amide bonds. The second-order valence-corrected chi connectivity index (χ2v) is 5.76. The third-order valence-corrected chi connectivity index (χ3v) is 2.78. The zero-order chi connectivity index (χ0) is 12.2. The van der Waals surface area contributed by atoms with E-state index >= 15 is 0 Å². The highest BCUT2D eigenvalue weighted by Gasteiger charge is 2.24. The molecule has 0 bridgehead atoms. The Morgan fingerprint density at radius 3 is 2.69 bits per heavy atom. The minimum atomic E-state index is -0.270. The second-order valence-electron chi connectivity index (χ2n) is 5.76. The van der Waals surface area contributed by atoms with Crippen LogP contribution in [0.3, 0.4) is 0 Å². The monoisotopic (exact) mass is 228 g/mol. The van der Waals surface area contributed by atoms with E-state index in [1.807, 2.05) is 0 Å². The van der Waals surface area contributed by atoms with Gasteiger partial charge in [0.15, 0.2) is 0 Å². The van der Waals surface area contributed by atoms with Gasteiger partial charge in [-0.05, 0) is 24.7 Å². The van der Waals surface area contributed by atoms with Gasteiger partial charge in [-0.3, -0.25) is 4.79 Å². The van der Waals surface area contributed by atoms with Gasteiger partial charge in [0.2, 0.25) is 5.91 Å². The van der Waals surface area contributed by atoms with Gasteiger partial charge < -0.3 is 15.8 Å². The standard InChI is InChI=1S/C12H24N2O2/c1-12(2,3)7-10(11(13)15)14-8-9-5-4-6-16-9/h9-10,14H,4-8H2,1-3H3,(H2,13,15). The summed E-state index contributed by atoms with van der Waals surface area (Å²) < 4.78 is 5.50. The Hall–Kier alpha value is -0.610. The maximum Gasteiger partial charge on any atom is 0.234 e. The fourth-order valence-corrected chi connectivity index (χ4v) is 1.96. The van der Waals surface area contributed by atoms with Gasteiger partial charge in [-0.25, -0.2) is 0 Å². The van der Waals surface area contributed by atoms with Crippen molar-refractivity contribution >= 4 is 5.91 Å². The third kappa shape index (κ3) is 4.94. The molecule has 1 aliphatic heterocycles. The summed E-state index contributed by atoms with van der Waals surface area (Å²) in [5.41, 5.74) is 5.49. The van der Waals surface area contributed by atoms with Gasteiger partial charge in [0, 0.05) is 13.2 Å². The molecule has 0 aromatic carbocycles. The molecule has 1 fully saturated rings. The van der Waals surface area contributed by atoms with Gasteiger partial charge in [-0.1, -0.05) is 20.8 Å². The second kappa shape index (κ2) is 5.64. The predicted octanol–water partition coefficient (Wildman–Crippen LogP) is 1.05. The molecule has 0 aromatic heterocycles. The lowest BCUT2D eigenvalue weighted by molar-refractivity contribution is -0.120. The maximum atomic E-state index is 11.3. The molecule has 0 aromatic rings. The van der Waals surface area contributed by atoms with E-state index in [9.17, 15) is 4.79 Å². The lowest BCUT2D eigenvalue weighted by Gasteiger charge is -2.25. The topological polar surface area (TPSA) is 64.3 Å². The molecule has 1 heterocycles. The van der Waals surface area contributed by atoms with E-state index in [0.717, 1.165) is 32.4 Å². The number of ether oxygens (including phenoxy) is 1. The Labute approximate surface area is 97.9 Å². The van der Waals surface area contributed by atoms with Crippen molar-refractivity contribution in [2.45, 2.75) is 52.2 Å². The van der Waals surface area contributed by atoms with E-state index in [2.05, 4.69) is 26.1 Å². The van der Waals surface area contributed by atoms with E-state index in [0.29, 0.717) is 0 Å². The minimum Gasteiger partial charge on any atom is -0.377 e. The molecular formula is C12H24N2O2. The van der Waals surface area contributed by atoms with Crippen LogP contribution in [0.5, 0.6) is 0 Å². The number of amides is 1. The van der Waals surface area contributed by atoms with Crippen LogP contribution >= 0.6 is 0 Å². The van der Waals surface area contributed by atoms with Gasteiger partial charge in [-0.2, -0.15) is 0 Å². The van der Waals surface area contributed by atoms with Gasteiger partial charge in [0.05, 0.1) is 12.1 Å². The number of primary amides is 1. The Morgan fingerprint density at radius 2 is 2.25 bits per heavy atom. The zero-order valence-electron chi connectivity index (χ0n) is 10.6. The first-order valence-corrected chi connectivity index (χ1v) is 6.03. The van der Waals surface area contributed by atoms with Crippen molar-refractivity contribution in [3.8, 4) is 0 Å². The Kier molecular flexibility index (Phi) is 4.74. The van der Waals surface area contributed by atoms with Gasteiger partial charge in [-0.15, -0.1) is 0 Å². The van der Waals surface area contributed by atoms with Crippen LogP contribution in [0, 0.1) is 5.41 Å². The molecule has 0 saturated carbocycles. The SMILES string of the molecule is CC(C)(C)CC(NCC1CCCO1)C(N)=O. The van der Waals surface area contributed by atoms with E-state index in [1.54, 1.807) is 0 Å². The highest BCUT2D eigenvalue weighted by atomic mass is 16.5. The number of hydrogen-bond acceptors (Lipinski definition) is 3. The molecule has 2 atom stereocenters. The molecule has 0 radical (unpaired) electrons. The fourth-order valence-electron chi connectivity index (χ4n) is 1.96. The summed E-state index contributed by atoms with van der Waals surface area (Å²) in [5.74, 6) is -0.270. The molecule has 3 N–H and O–H groups in total. The van der Waals surface area contributed by atoms with E-state index in [4.69, 9.17) is 10.5 Å². The maximum absolute atomic E-state index is 11.3. The van der Waals surface area contributed by atoms with Crippen molar-refractivity contribution < 1.29 is 9.53 Å². The average molecular weight is 228 g/mol. The van der Waals surface area contributed by atoms with Crippen molar-refractivity contribution in [2.75, 3.05) is 13.2 Å². The van der Waals surface area contributed by atoms with Crippen molar-refractivity contribution in [2.24, 2.45) is 11.1 Å². The van der Waals surface area contributed by atoms with Crippen LogP contribution in [-0.2, 0) is 9.53 Å². The van der Waals surface area contributed by atoms with Crippen LogP contribution in [-0.4, -0.2) is 31.2 Å². The predicted molar refractivity (Wildman–Crippen MR) is 64.0 cm³/mol. The highest BCUT2D eigenvalue weighted by Crippen LogP contribution is 2.21. The molecule has 4 heteroatoms. The quantitative estimate of drug-likeness (QED) is 0.739. The number of nitrogens with two attached hydrogens (primary N) is 1. The number of carbonyl (C=O) groups excluding carboxylic acids is 1. The first-order chi connectivity index (χ1) is 7.38. The number of carbonyl (C=O) groups is 1. The fraction of sp³-hybridized carbons (Fsp3) is 0.917. The minimum absolute atomic E-state index is 0.100. The van der Waals surface area contributed by atoms with Gasteiger partial charge >= 0.3 is 0 Å². The van der Waals surface area contributed by atoms with E-state index in [-0.39, 0.29) is 23.5 Å². The smallest absolute Gasteiger partial charge is 0.234 e. The molecule has 2 unspecified atom stereocenters. The lowest BCUT2D eigenvalue weighted by atomic mass is 9.88. The number of hydrogen-bond donors (Lipinski definition) is 2. The molecular weight excluding hydrogens is 204 g/mol. The molecule has 1 aliphatic rings. The first-order valence-electron chi connectivity index (χ1n) is 6.03. The molecule has 16 heavy (non-hydrogen) atoms. The van der Waals surface area contributed by atoms with E-state index in [1.165, 1.54) is 0 Å². The van der Waals surface area contributed by atoms with Crippen LogP contribution in [0.4, 0.5) is 0 Å². The summed E-state index contributed by atoms with van der Waals surface area (Å²) in [6.45, 7) is 7.89. The summed E-state index contributed by atoms with van der Waals surface area (Å²) in [6, 6.07) is -0.246. The largest absolute Gasteiger partial charge is 0.377 e. The lowest BCUT2D eigenvalue weighted by Crippen LogP contribution is -2.46. The van der Waals surface area contributed by atoms with Crippen LogP contribution in [0.2, 0.25) is 0 Å². The summed E-state index contributed by atoms with van der Waals surface area (Å²) in [4.78, 5) is 11.3. The van der Waals surface area contributed by atoms with Crippen LogP contribution < -0.4 is 11.1 Å². The summed E-state index contributed by atoms with van der Waals surface area (Å²) in [7, 11) is 0. The molecule has 94 valence electrons. The van der Waals surface area contributed by atoms with Crippen LogP contribution in [0.1, 0.15) is 40.0 Å². The first kappa shape index (κ1) is 13.5. The number of nitrogens with one attached hydrogen (secondary N) is 1. The van der Waals surface area contributed by atoms with Crippen molar-refractivity contribution in [3.05, 3.63) is 0 Å². The Morgan fingerprint density at radius 1 is 1.56 bits per heavy atom. The van der Waals surface area contributed by atoms with Crippen molar-refractivity contribution in [1.82, 2.24) is 5.32 Å². The molecule has 1 saturated heterocycles. The number of rotatable bonds is 5. The molecule has 4 nitrogen and oxygen atoms in total. The Balaban J connectivity index is 2.35. The average Bonchev–Trinajstić information content (AvgIpc) is 2.62. The van der Waals surface area contributed by atoms with Crippen LogP contribution in [0.25, 0.3) is 0 Å². The van der Waals surface area contributed by atoms with Crippen molar-refractivity contribution in [3.63, 3.8) is 0 Å². The molecule has 0 aliphatic carbocycles. The zero-order valence-corrected chi connectivity index (χ0v) is 10.6. The molecule has 1 rings (SSSR count). The third-order valence-electron chi connectivity index (χ3n) is 2.78. The highest BCUT2D eigenvalue weighted by molar-refractivity contribution is 5.79. The van der Waals surface area contributed by atoms with Crippen LogP contribution in [0.15, 0.2) is 0 Å². The molecule has 0 spiro atoms. The van der Waals surface area contributed by atoms with Gasteiger partial charge in [0.1, 0.15) is 0 Å². The van der Waals surface area contributed by atoms with Crippen molar-refractivity contribution in [1.29, 1.82) is 0 Å². The normalized spacial score (nSPS) is 23.3.